The van der Waals surface area contributed by atoms with Gasteiger partial charge in [0.1, 0.15) is 5.75 Å². The fourth-order valence-corrected chi connectivity index (χ4v) is 2.09. The third-order valence-electron chi connectivity index (χ3n) is 2.09. The number of hydrogen-bond acceptors (Lipinski definition) is 4. The van der Waals surface area contributed by atoms with Crippen molar-refractivity contribution in [2.45, 2.75) is 11.3 Å². The van der Waals surface area contributed by atoms with Gasteiger partial charge in [-0.25, -0.2) is 0 Å². The Hall–Kier alpha value is -1.36. The van der Waals surface area contributed by atoms with Crippen molar-refractivity contribution < 1.29 is 9.53 Å². The Kier molecular flexibility index (Phi) is 4.98. The maximum absolute atomic E-state index is 11.0. The van der Waals surface area contributed by atoms with Crippen LogP contribution in [0.15, 0.2) is 23.1 Å². The van der Waals surface area contributed by atoms with E-state index in [-0.39, 0.29) is 5.91 Å². The zero-order valence-electron chi connectivity index (χ0n) is 9.45. The molecule has 0 heterocycles. The first-order valence-corrected chi connectivity index (χ1v) is 5.93. The molecule has 0 bridgehead atoms. The number of amides is 1. The van der Waals surface area contributed by atoms with Crippen molar-refractivity contribution >= 4 is 23.4 Å². The van der Waals surface area contributed by atoms with E-state index in [1.807, 2.05) is 12.1 Å². The highest BCUT2D eigenvalue weighted by molar-refractivity contribution is 7.99. The number of nitrogens with two attached hydrogens (primary N) is 1. The van der Waals surface area contributed by atoms with Crippen LogP contribution in [0.2, 0.25) is 0 Å². The zero-order chi connectivity index (χ0) is 12.0. The van der Waals surface area contributed by atoms with Crippen LogP contribution in [0.3, 0.4) is 0 Å². The minimum Gasteiger partial charge on any atom is -0.497 e. The summed E-state index contributed by atoms with van der Waals surface area (Å²) in [4.78, 5) is 12.0. The smallest absolute Gasteiger partial charge is 0.220 e. The molecule has 1 rings (SSSR count). The van der Waals surface area contributed by atoms with E-state index in [9.17, 15) is 4.79 Å². The molecule has 0 spiro atoms. The number of nitrogen functional groups attached to an aromatic ring is 1. The quantitative estimate of drug-likeness (QED) is 0.605. The Morgan fingerprint density at radius 3 is 2.94 bits per heavy atom. The third-order valence-corrected chi connectivity index (χ3v) is 3.16. The molecule has 1 aromatic carbocycles. The summed E-state index contributed by atoms with van der Waals surface area (Å²) in [6, 6.07) is 5.50. The summed E-state index contributed by atoms with van der Waals surface area (Å²) in [7, 11) is 3.25. The first-order valence-electron chi connectivity index (χ1n) is 4.94. The summed E-state index contributed by atoms with van der Waals surface area (Å²) in [5.41, 5.74) is 6.53. The molecule has 0 aliphatic heterocycles. The average Bonchev–Trinajstić information content (AvgIpc) is 2.31. The summed E-state index contributed by atoms with van der Waals surface area (Å²) in [6.45, 7) is 0. The van der Waals surface area contributed by atoms with E-state index in [2.05, 4.69) is 5.32 Å². The molecule has 0 aliphatic carbocycles. The Labute approximate surface area is 99.5 Å². The molecule has 0 saturated carbocycles. The standard InChI is InChI=1S/C11H16N2O2S/c1-13-11(14)5-6-16-10-7-8(15-2)3-4-9(10)12/h3-4,7H,5-6,12H2,1-2H3,(H,13,14). The van der Waals surface area contributed by atoms with Gasteiger partial charge in [-0.2, -0.15) is 0 Å². The largest absolute Gasteiger partial charge is 0.497 e. The average molecular weight is 240 g/mol. The van der Waals surface area contributed by atoms with Gasteiger partial charge in [0.15, 0.2) is 0 Å². The molecular formula is C11H16N2O2S. The van der Waals surface area contributed by atoms with Crippen LogP contribution in [0.1, 0.15) is 6.42 Å². The first kappa shape index (κ1) is 12.7. The van der Waals surface area contributed by atoms with Crippen LogP contribution in [0.25, 0.3) is 0 Å². The van der Waals surface area contributed by atoms with Gasteiger partial charge in [-0.15, -0.1) is 11.8 Å². The van der Waals surface area contributed by atoms with Gasteiger partial charge in [0.25, 0.3) is 0 Å². The summed E-state index contributed by atoms with van der Waals surface area (Å²) in [5.74, 6) is 1.52. The first-order chi connectivity index (χ1) is 7.67. The molecule has 16 heavy (non-hydrogen) atoms. The van der Waals surface area contributed by atoms with Crippen molar-refractivity contribution in [1.82, 2.24) is 5.32 Å². The molecule has 1 aromatic rings. The fourth-order valence-electron chi connectivity index (χ4n) is 1.15. The van der Waals surface area contributed by atoms with E-state index in [0.29, 0.717) is 17.9 Å². The topological polar surface area (TPSA) is 64.3 Å². The number of carbonyl (C=O) groups is 1. The van der Waals surface area contributed by atoms with E-state index in [1.54, 1.807) is 32.0 Å². The zero-order valence-corrected chi connectivity index (χ0v) is 10.3. The van der Waals surface area contributed by atoms with Crippen LogP contribution in [0.5, 0.6) is 5.75 Å². The van der Waals surface area contributed by atoms with Gasteiger partial charge in [-0.05, 0) is 18.2 Å². The number of rotatable bonds is 5. The highest BCUT2D eigenvalue weighted by atomic mass is 32.2. The molecular weight excluding hydrogens is 224 g/mol. The molecule has 0 aromatic heterocycles. The van der Waals surface area contributed by atoms with Crippen molar-refractivity contribution in [3.05, 3.63) is 18.2 Å². The van der Waals surface area contributed by atoms with Gasteiger partial charge in [0.05, 0.1) is 7.11 Å². The van der Waals surface area contributed by atoms with Crippen molar-refractivity contribution in [3.8, 4) is 5.75 Å². The molecule has 0 radical (unpaired) electrons. The summed E-state index contributed by atoms with van der Waals surface area (Å²) < 4.78 is 5.11. The minimum atomic E-state index is 0.0361. The number of carbonyl (C=O) groups excluding carboxylic acids is 1. The van der Waals surface area contributed by atoms with Gasteiger partial charge in [0.2, 0.25) is 5.91 Å². The molecule has 1 amide bonds. The second-order valence-electron chi connectivity index (χ2n) is 3.18. The number of benzene rings is 1. The number of methoxy groups -OCH3 is 1. The van der Waals surface area contributed by atoms with E-state index >= 15 is 0 Å². The van der Waals surface area contributed by atoms with E-state index < -0.39 is 0 Å². The molecule has 0 atom stereocenters. The summed E-state index contributed by atoms with van der Waals surface area (Å²) in [6.07, 6.45) is 0.484. The molecule has 0 fully saturated rings. The molecule has 3 N–H and O–H groups in total. The molecule has 0 aliphatic rings. The lowest BCUT2D eigenvalue weighted by Gasteiger charge is -2.07. The maximum atomic E-state index is 11.0. The normalized spacial score (nSPS) is 9.88. The van der Waals surface area contributed by atoms with Crippen molar-refractivity contribution in [2.24, 2.45) is 0 Å². The number of ether oxygens (including phenoxy) is 1. The van der Waals surface area contributed by atoms with Gasteiger partial charge in [-0.1, -0.05) is 0 Å². The van der Waals surface area contributed by atoms with E-state index in [1.165, 1.54) is 0 Å². The molecule has 88 valence electrons. The Balaban J connectivity index is 2.55. The Morgan fingerprint density at radius 2 is 2.31 bits per heavy atom. The van der Waals surface area contributed by atoms with Crippen LogP contribution in [0, 0.1) is 0 Å². The molecule has 5 heteroatoms. The lowest BCUT2D eigenvalue weighted by atomic mass is 10.3. The van der Waals surface area contributed by atoms with Crippen molar-refractivity contribution in [3.63, 3.8) is 0 Å². The van der Waals surface area contributed by atoms with E-state index in [0.717, 1.165) is 10.6 Å². The predicted molar refractivity (Wildman–Crippen MR) is 66.8 cm³/mol. The third kappa shape index (κ3) is 3.66. The molecule has 0 saturated heterocycles. The van der Waals surface area contributed by atoms with Crippen molar-refractivity contribution in [1.29, 1.82) is 0 Å². The second-order valence-corrected chi connectivity index (χ2v) is 4.31. The lowest BCUT2D eigenvalue weighted by Crippen LogP contribution is -2.17. The van der Waals surface area contributed by atoms with Crippen LogP contribution < -0.4 is 15.8 Å². The minimum absolute atomic E-state index is 0.0361. The lowest BCUT2D eigenvalue weighted by molar-refractivity contribution is -0.120. The molecule has 4 nitrogen and oxygen atoms in total. The number of anilines is 1. The predicted octanol–water partition coefficient (Wildman–Crippen LogP) is 1.51. The maximum Gasteiger partial charge on any atom is 0.220 e. The highest BCUT2D eigenvalue weighted by Gasteiger charge is 2.04. The summed E-state index contributed by atoms with van der Waals surface area (Å²) >= 11 is 1.55. The fraction of sp³-hybridized carbons (Fsp3) is 0.364. The van der Waals surface area contributed by atoms with Crippen molar-refractivity contribution in [2.75, 3.05) is 25.6 Å². The Bertz CT molecular complexity index is 369. The van der Waals surface area contributed by atoms with Gasteiger partial charge in [-0.3, -0.25) is 4.79 Å². The van der Waals surface area contributed by atoms with E-state index in [4.69, 9.17) is 10.5 Å². The summed E-state index contributed by atoms with van der Waals surface area (Å²) in [5, 5.41) is 2.58. The second kappa shape index (κ2) is 6.27. The number of thioether (sulfide) groups is 1. The van der Waals surface area contributed by atoms with Crippen LogP contribution in [0.4, 0.5) is 5.69 Å². The number of hydrogen-bond donors (Lipinski definition) is 2. The van der Waals surface area contributed by atoms with Crippen LogP contribution >= 0.6 is 11.8 Å². The van der Waals surface area contributed by atoms with Gasteiger partial charge in [0, 0.05) is 29.8 Å². The van der Waals surface area contributed by atoms with Crippen LogP contribution in [-0.4, -0.2) is 25.8 Å². The van der Waals surface area contributed by atoms with Gasteiger partial charge < -0.3 is 15.8 Å². The Morgan fingerprint density at radius 1 is 1.56 bits per heavy atom. The molecule has 0 unspecified atom stereocenters. The number of nitrogens with one attached hydrogen (secondary N) is 1. The SMILES string of the molecule is CNC(=O)CCSc1cc(OC)ccc1N. The monoisotopic (exact) mass is 240 g/mol. The highest BCUT2D eigenvalue weighted by Crippen LogP contribution is 2.29. The van der Waals surface area contributed by atoms with Crippen LogP contribution in [-0.2, 0) is 4.79 Å². The van der Waals surface area contributed by atoms with Gasteiger partial charge >= 0.3 is 0 Å².